The fourth-order valence-electron chi connectivity index (χ4n) is 4.39. The minimum atomic E-state index is -3.29. The van der Waals surface area contributed by atoms with Crippen molar-refractivity contribution in [3.63, 3.8) is 0 Å². The maximum Gasteiger partial charge on any atom is 0.317 e. The Kier molecular flexibility index (Phi) is 7.35. The molecule has 27 heavy (non-hydrogen) atoms. The lowest BCUT2D eigenvalue weighted by Crippen LogP contribution is -2.46. The van der Waals surface area contributed by atoms with Crippen molar-refractivity contribution < 1.29 is 17.9 Å². The van der Waals surface area contributed by atoms with Gasteiger partial charge in [0.15, 0.2) is 0 Å². The van der Waals surface area contributed by atoms with Crippen molar-refractivity contribution in [2.24, 2.45) is 0 Å². The van der Waals surface area contributed by atoms with Crippen LogP contribution in [0, 0.1) is 0 Å². The van der Waals surface area contributed by atoms with Crippen molar-refractivity contribution in [1.29, 1.82) is 0 Å². The van der Waals surface area contributed by atoms with Gasteiger partial charge in [0, 0.05) is 44.8 Å². The van der Waals surface area contributed by atoms with Crippen molar-refractivity contribution >= 4 is 16.1 Å². The van der Waals surface area contributed by atoms with Crippen LogP contribution >= 0.6 is 0 Å². The molecule has 2 heterocycles. The molecule has 3 aliphatic rings. The summed E-state index contributed by atoms with van der Waals surface area (Å²) in [7, 11) is -3.29. The molecule has 0 aromatic carbocycles. The van der Waals surface area contributed by atoms with E-state index in [-0.39, 0.29) is 18.1 Å². The molecule has 1 saturated carbocycles. The van der Waals surface area contributed by atoms with Crippen molar-refractivity contribution in [3.05, 3.63) is 0 Å². The van der Waals surface area contributed by atoms with Crippen LogP contribution in [0.2, 0.25) is 0 Å². The molecule has 2 aliphatic heterocycles. The fraction of sp³-hybridized carbons (Fsp3) is 0.944. The molecule has 1 atom stereocenters. The number of morpholine rings is 1. The number of ether oxygens (including phenoxy) is 1. The summed E-state index contributed by atoms with van der Waals surface area (Å²) in [5, 5.41) is 3.11. The van der Waals surface area contributed by atoms with Crippen molar-refractivity contribution in [2.45, 2.75) is 50.6 Å². The summed E-state index contributed by atoms with van der Waals surface area (Å²) in [5.41, 5.74) is 0. The van der Waals surface area contributed by atoms with E-state index < -0.39 is 10.0 Å². The van der Waals surface area contributed by atoms with Gasteiger partial charge in [-0.25, -0.2) is 13.2 Å². The van der Waals surface area contributed by atoms with Gasteiger partial charge < -0.3 is 15.0 Å². The molecule has 156 valence electrons. The number of nitrogens with one attached hydrogen (secondary N) is 1. The van der Waals surface area contributed by atoms with E-state index in [9.17, 15) is 13.2 Å². The number of hydrogen-bond acceptors (Lipinski definition) is 5. The van der Waals surface area contributed by atoms with Crippen molar-refractivity contribution in [1.82, 2.24) is 19.4 Å². The Hall–Kier alpha value is -0.900. The van der Waals surface area contributed by atoms with Crippen LogP contribution in [0.25, 0.3) is 0 Å². The molecule has 2 saturated heterocycles. The van der Waals surface area contributed by atoms with Gasteiger partial charge in [-0.2, -0.15) is 4.31 Å². The number of sulfonamides is 1. The summed E-state index contributed by atoms with van der Waals surface area (Å²) >= 11 is 0. The lowest BCUT2D eigenvalue weighted by atomic mass is 10.2. The molecule has 1 N–H and O–H groups in total. The molecule has 0 spiro atoms. The van der Waals surface area contributed by atoms with Crippen LogP contribution in [-0.2, 0) is 14.8 Å². The summed E-state index contributed by atoms with van der Waals surface area (Å²) in [6.07, 6.45) is 7.26. The Morgan fingerprint density at radius 1 is 1.15 bits per heavy atom. The highest BCUT2D eigenvalue weighted by Gasteiger charge is 2.35. The minimum absolute atomic E-state index is 0.0360. The zero-order valence-electron chi connectivity index (χ0n) is 16.4. The van der Waals surface area contributed by atoms with Crippen molar-refractivity contribution in [2.75, 3.05) is 58.7 Å². The number of urea groups is 1. The average Bonchev–Trinajstić information content (AvgIpc) is 3.30. The Morgan fingerprint density at radius 3 is 2.52 bits per heavy atom. The number of likely N-dealkylation sites (tertiary alicyclic amines) is 1. The number of amides is 2. The predicted molar refractivity (Wildman–Crippen MR) is 104 cm³/mol. The zero-order chi connectivity index (χ0) is 19.3. The van der Waals surface area contributed by atoms with E-state index >= 15 is 0 Å². The van der Waals surface area contributed by atoms with Gasteiger partial charge in [-0.05, 0) is 32.2 Å². The highest BCUT2D eigenvalue weighted by molar-refractivity contribution is 7.88. The van der Waals surface area contributed by atoms with E-state index in [1.54, 1.807) is 9.21 Å². The van der Waals surface area contributed by atoms with E-state index in [0.29, 0.717) is 26.1 Å². The van der Waals surface area contributed by atoms with Crippen LogP contribution in [0.5, 0.6) is 0 Å². The molecule has 1 unspecified atom stereocenters. The van der Waals surface area contributed by atoms with Gasteiger partial charge in [-0.3, -0.25) is 4.90 Å². The molecule has 0 aromatic rings. The van der Waals surface area contributed by atoms with Gasteiger partial charge >= 0.3 is 6.03 Å². The third kappa shape index (κ3) is 6.04. The minimum Gasteiger partial charge on any atom is -0.379 e. The lowest BCUT2D eigenvalue weighted by Gasteiger charge is -2.30. The van der Waals surface area contributed by atoms with Gasteiger partial charge in [0.25, 0.3) is 0 Å². The number of hydrogen-bond donors (Lipinski definition) is 1. The fourth-order valence-corrected chi connectivity index (χ4v) is 5.57. The monoisotopic (exact) mass is 402 g/mol. The van der Waals surface area contributed by atoms with Gasteiger partial charge in [0.05, 0.1) is 19.5 Å². The number of rotatable bonds is 7. The zero-order valence-corrected chi connectivity index (χ0v) is 17.3. The highest BCUT2D eigenvalue weighted by atomic mass is 32.2. The second kappa shape index (κ2) is 9.54. The first-order valence-corrected chi connectivity index (χ1v) is 12.1. The molecule has 0 radical (unpaired) electrons. The van der Waals surface area contributed by atoms with Crippen LogP contribution < -0.4 is 5.32 Å². The molecular weight excluding hydrogens is 368 g/mol. The summed E-state index contributed by atoms with van der Waals surface area (Å²) in [4.78, 5) is 16.6. The second-order valence-corrected chi connectivity index (χ2v) is 9.94. The first kappa shape index (κ1) is 20.8. The summed E-state index contributed by atoms with van der Waals surface area (Å²) in [6.45, 7) is 5.84. The topological polar surface area (TPSA) is 82.2 Å². The maximum atomic E-state index is 12.5. The maximum absolute atomic E-state index is 12.5. The normalized spacial score (nSPS) is 25.4. The average molecular weight is 403 g/mol. The molecule has 1 aliphatic carbocycles. The third-order valence-electron chi connectivity index (χ3n) is 5.92. The third-order valence-corrected chi connectivity index (χ3v) is 7.26. The van der Waals surface area contributed by atoms with Crippen LogP contribution in [0.3, 0.4) is 0 Å². The molecular formula is C18H34N4O4S. The number of carbonyl (C=O) groups is 1. The summed E-state index contributed by atoms with van der Waals surface area (Å²) in [6, 6.07) is 0.140. The lowest BCUT2D eigenvalue weighted by molar-refractivity contribution is 0.0366. The van der Waals surface area contributed by atoms with E-state index in [0.717, 1.165) is 52.1 Å². The van der Waals surface area contributed by atoms with Crippen LogP contribution in [-0.4, -0.2) is 99.4 Å². The van der Waals surface area contributed by atoms with Crippen molar-refractivity contribution in [3.8, 4) is 0 Å². The largest absolute Gasteiger partial charge is 0.379 e. The Balaban J connectivity index is 1.48. The van der Waals surface area contributed by atoms with Crippen LogP contribution in [0.4, 0.5) is 4.79 Å². The molecule has 0 aromatic heterocycles. The molecule has 9 heteroatoms. The smallest absolute Gasteiger partial charge is 0.317 e. The molecule has 3 rings (SSSR count). The molecule has 3 fully saturated rings. The summed E-state index contributed by atoms with van der Waals surface area (Å²) in [5.74, 6) is 0. The summed E-state index contributed by atoms with van der Waals surface area (Å²) < 4.78 is 31.6. The number of carbonyl (C=O) groups excluding carboxylic acids is 1. The highest BCUT2D eigenvalue weighted by Crippen LogP contribution is 2.21. The van der Waals surface area contributed by atoms with Crippen LogP contribution in [0.15, 0.2) is 0 Å². The van der Waals surface area contributed by atoms with E-state index in [1.807, 2.05) is 0 Å². The van der Waals surface area contributed by atoms with Gasteiger partial charge in [-0.1, -0.05) is 12.8 Å². The van der Waals surface area contributed by atoms with Gasteiger partial charge in [0.1, 0.15) is 0 Å². The first-order chi connectivity index (χ1) is 12.9. The van der Waals surface area contributed by atoms with E-state index in [4.69, 9.17) is 4.74 Å². The molecule has 0 bridgehead atoms. The second-order valence-electron chi connectivity index (χ2n) is 8.00. The molecule has 2 amide bonds. The Morgan fingerprint density at radius 2 is 1.85 bits per heavy atom. The standard InChI is InChI=1S/C18H34N4O4S/c1-27(24,25)22(9-4-8-20-11-13-26-14-12-20)17-7-10-21(15-17)18(23)19-16-5-2-3-6-16/h16-17H,2-15H2,1H3,(H,19,23). The van der Waals surface area contributed by atoms with E-state index in [2.05, 4.69) is 10.2 Å². The molecule has 8 nitrogen and oxygen atoms in total. The SMILES string of the molecule is CS(=O)(=O)N(CCCN1CCOCC1)C1CCN(C(=O)NC2CCCC2)C1. The Labute approximate surface area is 163 Å². The van der Waals surface area contributed by atoms with Gasteiger partial charge in [0.2, 0.25) is 10.0 Å². The first-order valence-electron chi connectivity index (χ1n) is 10.3. The Bertz CT molecular complexity index is 588. The quantitative estimate of drug-likeness (QED) is 0.678. The van der Waals surface area contributed by atoms with E-state index in [1.165, 1.54) is 19.1 Å². The number of nitrogens with zero attached hydrogens (tertiary/aromatic N) is 3. The van der Waals surface area contributed by atoms with Gasteiger partial charge in [-0.15, -0.1) is 0 Å². The van der Waals surface area contributed by atoms with Crippen LogP contribution in [0.1, 0.15) is 38.5 Å². The predicted octanol–water partition coefficient (Wildman–Crippen LogP) is 0.697.